The van der Waals surface area contributed by atoms with Crippen LogP contribution in [-0.2, 0) is 11.3 Å². The molecule has 2 aromatic carbocycles. The molecule has 0 unspecified atom stereocenters. The Balaban J connectivity index is 1.84. The fraction of sp³-hybridized carbons (Fsp3) is 0.176. The zero-order valence-electron chi connectivity index (χ0n) is 14.2. The summed E-state index contributed by atoms with van der Waals surface area (Å²) in [6, 6.07) is 9.58. The highest BCUT2D eigenvalue weighted by Crippen LogP contribution is 2.31. The molecule has 0 aliphatic carbocycles. The van der Waals surface area contributed by atoms with Gasteiger partial charge in [0.1, 0.15) is 5.69 Å². The van der Waals surface area contributed by atoms with E-state index in [1.807, 2.05) is 12.1 Å². The molecule has 9 nitrogen and oxygen atoms in total. The maximum Gasteiger partial charge on any atom is 0.339 e. The number of para-hydroxylation sites is 2. The van der Waals surface area contributed by atoms with E-state index in [0.717, 1.165) is 18.7 Å². The first-order chi connectivity index (χ1) is 12.9. The predicted octanol–water partition coefficient (Wildman–Crippen LogP) is 2.79. The quantitative estimate of drug-likeness (QED) is 0.379. The Morgan fingerprint density at radius 1 is 1.37 bits per heavy atom. The molecule has 0 aliphatic rings. The summed E-state index contributed by atoms with van der Waals surface area (Å²) in [5.41, 5.74) is 0.907. The van der Waals surface area contributed by atoms with Gasteiger partial charge in [0.05, 0.1) is 33.7 Å². The summed E-state index contributed by atoms with van der Waals surface area (Å²) in [5, 5.41) is 14.3. The van der Waals surface area contributed by atoms with Crippen LogP contribution in [0.4, 0.5) is 11.4 Å². The molecule has 1 aromatic heterocycles. The highest BCUT2D eigenvalue weighted by atomic mass is 35.5. The number of halogens is 1. The molecule has 27 heavy (non-hydrogen) atoms. The van der Waals surface area contributed by atoms with Crippen molar-refractivity contribution < 1.29 is 14.5 Å². The summed E-state index contributed by atoms with van der Waals surface area (Å²) in [6.07, 6.45) is 0. The van der Waals surface area contributed by atoms with E-state index < -0.39 is 10.9 Å². The molecule has 3 rings (SSSR count). The molecule has 0 radical (unpaired) electrons. The van der Waals surface area contributed by atoms with Gasteiger partial charge in [-0.2, -0.15) is 0 Å². The largest absolute Gasteiger partial charge is 0.465 e. The van der Waals surface area contributed by atoms with Gasteiger partial charge < -0.3 is 15.0 Å². The molecule has 3 aromatic rings. The highest BCUT2D eigenvalue weighted by molar-refractivity contribution is 6.34. The minimum absolute atomic E-state index is 0.0270. The normalized spacial score (nSPS) is 10.7. The van der Waals surface area contributed by atoms with Gasteiger partial charge in [-0.15, -0.1) is 0 Å². The number of imidazole rings is 1. The number of anilines is 1. The fourth-order valence-corrected chi connectivity index (χ4v) is 2.99. The molecule has 1 heterocycles. The molecule has 0 amide bonds. The van der Waals surface area contributed by atoms with Gasteiger partial charge in [-0.3, -0.25) is 14.7 Å². The van der Waals surface area contributed by atoms with E-state index in [9.17, 15) is 19.7 Å². The second-order valence-corrected chi connectivity index (χ2v) is 6.03. The average molecular weight is 391 g/mol. The maximum atomic E-state index is 12.1. The van der Waals surface area contributed by atoms with E-state index in [-0.39, 0.29) is 40.7 Å². The number of fused-ring (bicyclic) bond motifs is 1. The molecule has 2 N–H and O–H groups in total. The van der Waals surface area contributed by atoms with Gasteiger partial charge in [0.25, 0.3) is 5.69 Å². The number of nitro benzene ring substituents is 1. The molecule has 0 bridgehead atoms. The number of nitrogens with zero attached hydrogens (tertiary/aromatic N) is 2. The molecule has 0 aliphatic heterocycles. The van der Waals surface area contributed by atoms with Gasteiger partial charge in [-0.1, -0.05) is 23.7 Å². The summed E-state index contributed by atoms with van der Waals surface area (Å²) >= 11 is 6.04. The fourth-order valence-electron chi connectivity index (χ4n) is 2.75. The Bertz CT molecular complexity index is 1090. The lowest BCUT2D eigenvalue weighted by Crippen LogP contribution is -2.21. The molecule has 10 heteroatoms. The van der Waals surface area contributed by atoms with Crippen molar-refractivity contribution in [1.29, 1.82) is 0 Å². The van der Waals surface area contributed by atoms with Crippen LogP contribution in [0.3, 0.4) is 0 Å². The zero-order chi connectivity index (χ0) is 19.6. The minimum Gasteiger partial charge on any atom is -0.465 e. The lowest BCUT2D eigenvalue weighted by molar-refractivity contribution is -0.384. The first kappa shape index (κ1) is 18.5. The summed E-state index contributed by atoms with van der Waals surface area (Å²) in [6.45, 7) is 0.507. The number of aromatic amines is 1. The summed E-state index contributed by atoms with van der Waals surface area (Å²) in [5.74, 6) is -0.764. The SMILES string of the molecule is COC(=O)c1cc([N+](=O)[O-])c(NCCn2c(=O)[nH]c3ccccc32)cc1Cl. The van der Waals surface area contributed by atoms with Crippen molar-refractivity contribution >= 4 is 40.0 Å². The van der Waals surface area contributed by atoms with E-state index in [1.54, 1.807) is 12.1 Å². The molecule has 0 saturated carbocycles. The standard InChI is InChI=1S/C17H15ClN4O5/c1-27-16(23)10-8-15(22(25)26)13(9-11(10)18)19-6-7-21-14-5-3-2-4-12(14)20-17(21)24/h2-5,8-9,19H,6-7H2,1H3,(H,20,24). The first-order valence-electron chi connectivity index (χ1n) is 7.90. The third kappa shape index (κ3) is 3.63. The van der Waals surface area contributed by atoms with Crippen LogP contribution in [0.15, 0.2) is 41.2 Å². The van der Waals surface area contributed by atoms with E-state index in [0.29, 0.717) is 5.52 Å². The van der Waals surface area contributed by atoms with Gasteiger partial charge in [0.15, 0.2) is 0 Å². The second-order valence-electron chi connectivity index (χ2n) is 5.62. The lowest BCUT2D eigenvalue weighted by atomic mass is 10.1. The van der Waals surface area contributed by atoms with Gasteiger partial charge in [-0.05, 0) is 18.2 Å². The smallest absolute Gasteiger partial charge is 0.339 e. The number of hydrogen-bond acceptors (Lipinski definition) is 6. The van der Waals surface area contributed by atoms with E-state index in [4.69, 9.17) is 11.6 Å². The molecule has 0 saturated heterocycles. The number of benzene rings is 2. The van der Waals surface area contributed by atoms with E-state index in [2.05, 4.69) is 15.0 Å². The minimum atomic E-state index is -0.764. The number of esters is 1. The first-order valence-corrected chi connectivity index (χ1v) is 8.28. The molecule has 0 atom stereocenters. The highest BCUT2D eigenvalue weighted by Gasteiger charge is 2.21. The molecule has 0 fully saturated rings. The van der Waals surface area contributed by atoms with Crippen molar-refractivity contribution in [2.45, 2.75) is 6.54 Å². The van der Waals surface area contributed by atoms with Gasteiger partial charge in [0, 0.05) is 19.2 Å². The van der Waals surface area contributed by atoms with Crippen LogP contribution in [0.1, 0.15) is 10.4 Å². The molecular formula is C17H15ClN4O5. The Hall–Kier alpha value is -3.33. The number of nitrogens with one attached hydrogen (secondary N) is 2. The van der Waals surface area contributed by atoms with Crippen LogP contribution in [0.2, 0.25) is 5.02 Å². The number of ether oxygens (including phenoxy) is 1. The summed E-state index contributed by atoms with van der Waals surface area (Å²) in [7, 11) is 1.16. The van der Waals surface area contributed by atoms with Gasteiger partial charge >= 0.3 is 11.7 Å². The van der Waals surface area contributed by atoms with Gasteiger partial charge in [-0.25, -0.2) is 9.59 Å². The summed E-state index contributed by atoms with van der Waals surface area (Å²) < 4.78 is 6.09. The summed E-state index contributed by atoms with van der Waals surface area (Å²) in [4.78, 5) is 37.2. The number of hydrogen-bond donors (Lipinski definition) is 2. The number of methoxy groups -OCH3 is 1. The molecule has 0 spiro atoms. The number of aromatic nitrogens is 2. The van der Waals surface area contributed by atoms with Crippen LogP contribution in [0.25, 0.3) is 11.0 Å². The van der Waals surface area contributed by atoms with Crippen LogP contribution in [0, 0.1) is 10.1 Å². The van der Waals surface area contributed by atoms with Crippen LogP contribution in [-0.4, -0.2) is 34.1 Å². The van der Waals surface area contributed by atoms with Crippen molar-refractivity contribution in [3.63, 3.8) is 0 Å². The van der Waals surface area contributed by atoms with Crippen molar-refractivity contribution in [2.75, 3.05) is 19.0 Å². The topological polar surface area (TPSA) is 119 Å². The Kier molecular flexibility index (Phi) is 5.13. The predicted molar refractivity (Wildman–Crippen MR) is 100 cm³/mol. The van der Waals surface area contributed by atoms with E-state index in [1.165, 1.54) is 10.6 Å². The van der Waals surface area contributed by atoms with Crippen molar-refractivity contribution in [2.24, 2.45) is 0 Å². The third-order valence-corrected chi connectivity index (χ3v) is 4.33. The average Bonchev–Trinajstić information content (AvgIpc) is 2.96. The van der Waals surface area contributed by atoms with Gasteiger partial charge in [0.2, 0.25) is 0 Å². The van der Waals surface area contributed by atoms with Crippen molar-refractivity contribution in [3.05, 3.63) is 67.6 Å². The number of carbonyl (C=O) groups is 1. The number of nitro groups is 1. The Morgan fingerprint density at radius 2 is 2.11 bits per heavy atom. The molecular weight excluding hydrogens is 376 g/mol. The van der Waals surface area contributed by atoms with E-state index >= 15 is 0 Å². The monoisotopic (exact) mass is 390 g/mol. The molecule has 140 valence electrons. The van der Waals surface area contributed by atoms with Crippen molar-refractivity contribution in [3.8, 4) is 0 Å². The zero-order valence-corrected chi connectivity index (χ0v) is 14.9. The third-order valence-electron chi connectivity index (χ3n) is 4.02. The Labute approximate surface area is 157 Å². The Morgan fingerprint density at radius 3 is 2.81 bits per heavy atom. The van der Waals surface area contributed by atoms with Crippen molar-refractivity contribution in [1.82, 2.24) is 9.55 Å². The number of carbonyl (C=O) groups excluding carboxylic acids is 1. The van der Waals surface area contributed by atoms with Crippen LogP contribution in [0.5, 0.6) is 0 Å². The number of H-pyrrole nitrogens is 1. The van der Waals surface area contributed by atoms with Crippen LogP contribution >= 0.6 is 11.6 Å². The maximum absolute atomic E-state index is 12.1. The number of rotatable bonds is 6. The van der Waals surface area contributed by atoms with Crippen LogP contribution < -0.4 is 11.0 Å². The lowest BCUT2D eigenvalue weighted by Gasteiger charge is -2.10. The second kappa shape index (κ2) is 7.50.